The number of carbonyl (C=O) groups excluding carboxylic acids is 1. The third kappa shape index (κ3) is 2.58. The van der Waals surface area contributed by atoms with Crippen LogP contribution in [-0.4, -0.2) is 5.97 Å². The van der Waals surface area contributed by atoms with E-state index in [0.717, 1.165) is 25.7 Å². The fraction of sp³-hybridized carbons (Fsp3) is 0.562. The summed E-state index contributed by atoms with van der Waals surface area (Å²) >= 11 is 0. The van der Waals surface area contributed by atoms with E-state index in [0.29, 0.717) is 0 Å². The molecule has 0 heterocycles. The Morgan fingerprint density at radius 2 is 2.11 bits per heavy atom. The van der Waals surface area contributed by atoms with Gasteiger partial charge in [-0.3, -0.25) is 4.79 Å². The fourth-order valence-electron chi connectivity index (χ4n) is 2.26. The van der Waals surface area contributed by atoms with E-state index in [2.05, 4.69) is 18.2 Å². The highest BCUT2D eigenvalue weighted by Gasteiger charge is 2.31. The smallest absolute Gasteiger partial charge is 0.312 e. The van der Waals surface area contributed by atoms with Crippen LogP contribution in [0.15, 0.2) is 24.3 Å². The van der Waals surface area contributed by atoms with Gasteiger partial charge in [-0.1, -0.05) is 31.2 Å². The first-order valence-electron chi connectivity index (χ1n) is 6.83. The Hall–Kier alpha value is -1.31. The van der Waals surface area contributed by atoms with Gasteiger partial charge >= 0.3 is 5.97 Å². The molecule has 0 aliphatic heterocycles. The van der Waals surface area contributed by atoms with E-state index in [1.165, 1.54) is 11.1 Å². The Kier molecular flexibility index (Phi) is 3.74. The predicted molar refractivity (Wildman–Crippen MR) is 72.3 cm³/mol. The summed E-state index contributed by atoms with van der Waals surface area (Å²) in [5.41, 5.74) is 2.15. The number of aryl methyl sites for hydroxylation is 1. The van der Waals surface area contributed by atoms with Crippen LogP contribution in [0.1, 0.15) is 57.3 Å². The van der Waals surface area contributed by atoms with Crippen molar-refractivity contribution in [2.24, 2.45) is 5.41 Å². The van der Waals surface area contributed by atoms with E-state index in [1.807, 2.05) is 26.8 Å². The fourth-order valence-corrected chi connectivity index (χ4v) is 2.26. The molecule has 1 atom stereocenters. The van der Waals surface area contributed by atoms with E-state index in [1.54, 1.807) is 0 Å². The van der Waals surface area contributed by atoms with Gasteiger partial charge in [-0.2, -0.15) is 0 Å². The van der Waals surface area contributed by atoms with E-state index in [9.17, 15) is 4.79 Å². The van der Waals surface area contributed by atoms with E-state index < -0.39 is 0 Å². The molecule has 1 aliphatic carbocycles. The maximum absolute atomic E-state index is 12.2. The van der Waals surface area contributed by atoms with Gasteiger partial charge in [0.1, 0.15) is 6.10 Å². The van der Waals surface area contributed by atoms with Crippen molar-refractivity contribution in [3.8, 4) is 0 Å². The number of benzene rings is 1. The predicted octanol–water partition coefficient (Wildman–Crippen LogP) is 4.04. The highest BCUT2D eigenvalue weighted by molar-refractivity contribution is 5.76. The Bertz CT molecular complexity index is 434. The van der Waals surface area contributed by atoms with Gasteiger partial charge in [-0.25, -0.2) is 0 Å². The molecule has 0 radical (unpaired) electrons. The zero-order valence-electron chi connectivity index (χ0n) is 11.5. The second-order valence-corrected chi connectivity index (χ2v) is 5.72. The van der Waals surface area contributed by atoms with Gasteiger partial charge in [0.2, 0.25) is 0 Å². The lowest BCUT2D eigenvalue weighted by atomic mass is 9.88. The molecule has 0 fully saturated rings. The van der Waals surface area contributed by atoms with Crippen molar-refractivity contribution in [3.63, 3.8) is 0 Å². The van der Waals surface area contributed by atoms with Gasteiger partial charge in [0, 0.05) is 0 Å². The highest BCUT2D eigenvalue weighted by atomic mass is 16.5. The van der Waals surface area contributed by atoms with Crippen molar-refractivity contribution < 1.29 is 9.53 Å². The quantitative estimate of drug-likeness (QED) is 0.752. The van der Waals surface area contributed by atoms with Crippen molar-refractivity contribution in [1.29, 1.82) is 0 Å². The standard InChI is InChI=1S/C16H22O2/c1-4-16(2,3)15(17)18-14-11-7-9-12-8-5-6-10-13(12)14/h5-6,8,10,14H,4,7,9,11H2,1-3H3. The normalized spacial score (nSPS) is 19.2. The molecule has 1 unspecified atom stereocenters. The van der Waals surface area contributed by atoms with Crippen LogP contribution in [0.2, 0.25) is 0 Å². The summed E-state index contributed by atoms with van der Waals surface area (Å²) in [6.45, 7) is 5.92. The molecular formula is C16H22O2. The highest BCUT2D eigenvalue weighted by Crippen LogP contribution is 2.34. The lowest BCUT2D eigenvalue weighted by Gasteiger charge is -2.29. The molecule has 0 saturated carbocycles. The van der Waals surface area contributed by atoms with Gasteiger partial charge in [-0.15, -0.1) is 0 Å². The summed E-state index contributed by atoms with van der Waals surface area (Å²) in [4.78, 5) is 12.2. The van der Waals surface area contributed by atoms with Crippen molar-refractivity contribution in [3.05, 3.63) is 35.4 Å². The van der Waals surface area contributed by atoms with Crippen molar-refractivity contribution in [1.82, 2.24) is 0 Å². The molecule has 2 heteroatoms. The lowest BCUT2D eigenvalue weighted by Crippen LogP contribution is -2.28. The van der Waals surface area contributed by atoms with Gasteiger partial charge in [0.25, 0.3) is 0 Å². The maximum atomic E-state index is 12.2. The van der Waals surface area contributed by atoms with Crippen molar-refractivity contribution in [2.45, 2.75) is 52.6 Å². The minimum Gasteiger partial charge on any atom is -0.457 e. The second-order valence-electron chi connectivity index (χ2n) is 5.72. The van der Waals surface area contributed by atoms with E-state index in [4.69, 9.17) is 4.74 Å². The lowest BCUT2D eigenvalue weighted by molar-refractivity contribution is -0.161. The minimum atomic E-state index is -0.383. The summed E-state index contributed by atoms with van der Waals surface area (Å²) in [7, 11) is 0. The van der Waals surface area contributed by atoms with Crippen LogP contribution in [0.25, 0.3) is 0 Å². The number of hydrogen-bond acceptors (Lipinski definition) is 2. The molecule has 0 N–H and O–H groups in total. The van der Waals surface area contributed by atoms with Gasteiger partial charge in [0.15, 0.2) is 0 Å². The van der Waals surface area contributed by atoms with Crippen LogP contribution in [-0.2, 0) is 16.0 Å². The number of esters is 1. The van der Waals surface area contributed by atoms with Crippen LogP contribution < -0.4 is 0 Å². The first-order valence-corrected chi connectivity index (χ1v) is 6.83. The second kappa shape index (κ2) is 5.13. The minimum absolute atomic E-state index is 0.0479. The largest absolute Gasteiger partial charge is 0.457 e. The van der Waals surface area contributed by atoms with E-state index >= 15 is 0 Å². The zero-order chi connectivity index (χ0) is 13.2. The summed E-state index contributed by atoms with van der Waals surface area (Å²) in [6.07, 6.45) is 3.90. The third-order valence-corrected chi connectivity index (χ3v) is 4.00. The SMILES string of the molecule is CCC(C)(C)C(=O)OC1CCCc2ccccc21. The molecule has 2 nitrogen and oxygen atoms in total. The summed E-state index contributed by atoms with van der Waals surface area (Å²) in [6, 6.07) is 8.31. The molecule has 2 rings (SSSR count). The number of fused-ring (bicyclic) bond motifs is 1. The maximum Gasteiger partial charge on any atom is 0.312 e. The average Bonchev–Trinajstić information content (AvgIpc) is 2.39. The molecule has 0 aromatic heterocycles. The first kappa shape index (κ1) is 13.1. The molecule has 0 bridgehead atoms. The average molecular weight is 246 g/mol. The summed E-state index contributed by atoms with van der Waals surface area (Å²) in [5, 5.41) is 0. The summed E-state index contributed by atoms with van der Waals surface area (Å²) < 4.78 is 5.73. The van der Waals surface area contributed by atoms with Crippen LogP contribution >= 0.6 is 0 Å². The Labute approximate surface area is 109 Å². The third-order valence-electron chi connectivity index (χ3n) is 4.00. The van der Waals surface area contributed by atoms with Gasteiger partial charge < -0.3 is 4.74 Å². The first-order chi connectivity index (χ1) is 8.54. The Balaban J connectivity index is 2.15. The van der Waals surface area contributed by atoms with Crippen molar-refractivity contribution in [2.75, 3.05) is 0 Å². The van der Waals surface area contributed by atoms with E-state index in [-0.39, 0.29) is 17.5 Å². The molecule has 18 heavy (non-hydrogen) atoms. The summed E-state index contributed by atoms with van der Waals surface area (Å²) in [5.74, 6) is -0.0771. The number of hydrogen-bond donors (Lipinski definition) is 0. The van der Waals surface area contributed by atoms with Gasteiger partial charge in [0.05, 0.1) is 5.41 Å². The molecule has 0 spiro atoms. The Morgan fingerprint density at radius 3 is 2.83 bits per heavy atom. The molecule has 1 aliphatic rings. The number of rotatable bonds is 3. The van der Waals surface area contributed by atoms with Crippen LogP contribution in [0.5, 0.6) is 0 Å². The number of carbonyl (C=O) groups is 1. The molecule has 98 valence electrons. The molecular weight excluding hydrogens is 224 g/mol. The Morgan fingerprint density at radius 1 is 1.39 bits per heavy atom. The molecule has 1 aromatic carbocycles. The van der Waals surface area contributed by atoms with Gasteiger partial charge in [-0.05, 0) is 50.7 Å². The topological polar surface area (TPSA) is 26.3 Å². The monoisotopic (exact) mass is 246 g/mol. The van der Waals surface area contributed by atoms with Crippen LogP contribution in [0.4, 0.5) is 0 Å². The molecule has 0 amide bonds. The van der Waals surface area contributed by atoms with Crippen molar-refractivity contribution >= 4 is 5.97 Å². The zero-order valence-corrected chi connectivity index (χ0v) is 11.5. The molecule has 0 saturated heterocycles. The van der Waals surface area contributed by atoms with Crippen LogP contribution in [0.3, 0.4) is 0 Å². The number of ether oxygens (including phenoxy) is 1. The molecule has 1 aromatic rings. The van der Waals surface area contributed by atoms with Crippen LogP contribution in [0, 0.1) is 5.41 Å².